The first-order valence-corrected chi connectivity index (χ1v) is 7.28. The summed E-state index contributed by atoms with van der Waals surface area (Å²) >= 11 is 12.2. The standard InChI is InChI=1S/C14H20Cl2N2/c1-10-4-3-8-18(10)9-7-13(17)11-5-2-6-12(15)14(11)16/h2,5-6,10,13H,3-4,7-9,17H2,1H3. The summed E-state index contributed by atoms with van der Waals surface area (Å²) in [6, 6.07) is 6.31. The lowest BCUT2D eigenvalue weighted by Gasteiger charge is -2.23. The topological polar surface area (TPSA) is 29.3 Å². The lowest BCUT2D eigenvalue weighted by atomic mass is 10.0. The zero-order valence-electron chi connectivity index (χ0n) is 10.7. The largest absolute Gasteiger partial charge is 0.324 e. The van der Waals surface area contributed by atoms with E-state index in [1.54, 1.807) is 6.07 Å². The van der Waals surface area contributed by atoms with Crippen LogP contribution in [0.5, 0.6) is 0 Å². The van der Waals surface area contributed by atoms with Crippen LogP contribution in [0, 0.1) is 0 Å². The van der Waals surface area contributed by atoms with Gasteiger partial charge in [-0.25, -0.2) is 0 Å². The molecule has 2 rings (SSSR count). The van der Waals surface area contributed by atoms with Crippen LogP contribution in [0.2, 0.25) is 10.0 Å². The number of hydrogen-bond donors (Lipinski definition) is 1. The molecule has 18 heavy (non-hydrogen) atoms. The summed E-state index contributed by atoms with van der Waals surface area (Å²) in [5.41, 5.74) is 7.17. The van der Waals surface area contributed by atoms with Gasteiger partial charge < -0.3 is 10.6 Å². The van der Waals surface area contributed by atoms with Crippen molar-refractivity contribution in [2.45, 2.75) is 38.3 Å². The molecule has 0 amide bonds. The van der Waals surface area contributed by atoms with Gasteiger partial charge in [0, 0.05) is 18.6 Å². The van der Waals surface area contributed by atoms with Crippen molar-refractivity contribution < 1.29 is 0 Å². The molecular weight excluding hydrogens is 267 g/mol. The fraction of sp³-hybridized carbons (Fsp3) is 0.571. The SMILES string of the molecule is CC1CCCN1CCC(N)c1cccc(Cl)c1Cl. The third-order valence-corrected chi connectivity index (χ3v) is 4.63. The summed E-state index contributed by atoms with van der Waals surface area (Å²) in [7, 11) is 0. The molecule has 0 saturated carbocycles. The van der Waals surface area contributed by atoms with Crippen molar-refractivity contribution in [1.29, 1.82) is 0 Å². The quantitative estimate of drug-likeness (QED) is 0.911. The molecule has 2 N–H and O–H groups in total. The molecule has 1 aliphatic rings. The van der Waals surface area contributed by atoms with Crippen LogP contribution in [-0.4, -0.2) is 24.0 Å². The number of benzene rings is 1. The average Bonchev–Trinajstić information content (AvgIpc) is 2.75. The number of hydrogen-bond acceptors (Lipinski definition) is 2. The van der Waals surface area contributed by atoms with Gasteiger partial charge in [-0.05, 0) is 44.4 Å². The molecular formula is C14H20Cl2N2. The van der Waals surface area contributed by atoms with E-state index in [9.17, 15) is 0 Å². The molecule has 1 heterocycles. The van der Waals surface area contributed by atoms with Gasteiger partial charge in [0.05, 0.1) is 10.0 Å². The Morgan fingerprint density at radius 3 is 2.89 bits per heavy atom. The molecule has 1 aromatic rings. The summed E-state index contributed by atoms with van der Waals surface area (Å²) < 4.78 is 0. The molecule has 2 unspecified atom stereocenters. The second kappa shape index (κ2) is 6.25. The highest BCUT2D eigenvalue weighted by molar-refractivity contribution is 6.42. The van der Waals surface area contributed by atoms with Crippen LogP contribution in [0.25, 0.3) is 0 Å². The Balaban J connectivity index is 1.95. The van der Waals surface area contributed by atoms with Gasteiger partial charge in [-0.15, -0.1) is 0 Å². The summed E-state index contributed by atoms with van der Waals surface area (Å²) in [6.45, 7) is 4.51. The molecule has 1 aliphatic heterocycles. The van der Waals surface area contributed by atoms with Gasteiger partial charge in [0.15, 0.2) is 0 Å². The van der Waals surface area contributed by atoms with Crippen LogP contribution in [0.3, 0.4) is 0 Å². The lowest BCUT2D eigenvalue weighted by Crippen LogP contribution is -2.30. The van der Waals surface area contributed by atoms with E-state index in [1.165, 1.54) is 19.4 Å². The second-order valence-electron chi connectivity index (χ2n) is 5.07. The highest BCUT2D eigenvalue weighted by Gasteiger charge is 2.21. The minimum atomic E-state index is -0.0380. The molecule has 1 fully saturated rings. The molecule has 1 saturated heterocycles. The predicted molar refractivity (Wildman–Crippen MR) is 78.3 cm³/mol. The van der Waals surface area contributed by atoms with E-state index < -0.39 is 0 Å². The molecule has 2 nitrogen and oxygen atoms in total. The molecule has 4 heteroatoms. The first-order chi connectivity index (χ1) is 8.59. The van der Waals surface area contributed by atoms with Crippen molar-refractivity contribution in [3.63, 3.8) is 0 Å². The first kappa shape index (κ1) is 14.1. The van der Waals surface area contributed by atoms with E-state index >= 15 is 0 Å². The number of halogens is 2. The Morgan fingerprint density at radius 1 is 1.44 bits per heavy atom. The third kappa shape index (κ3) is 3.18. The van der Waals surface area contributed by atoms with Gasteiger partial charge >= 0.3 is 0 Å². The molecule has 0 bridgehead atoms. The van der Waals surface area contributed by atoms with Gasteiger partial charge in [-0.1, -0.05) is 35.3 Å². The maximum Gasteiger partial charge on any atom is 0.0640 e. The van der Waals surface area contributed by atoms with Crippen LogP contribution in [-0.2, 0) is 0 Å². The molecule has 1 aromatic carbocycles. The normalized spacial score (nSPS) is 22.3. The Labute approximate surface area is 119 Å². The van der Waals surface area contributed by atoms with Crippen molar-refractivity contribution in [2.24, 2.45) is 5.73 Å². The fourth-order valence-corrected chi connectivity index (χ4v) is 3.04. The number of rotatable bonds is 4. The molecule has 2 atom stereocenters. The molecule has 0 aliphatic carbocycles. The van der Waals surface area contributed by atoms with Crippen LogP contribution in [0.1, 0.15) is 37.8 Å². The molecule has 0 aromatic heterocycles. The van der Waals surface area contributed by atoms with E-state index in [0.29, 0.717) is 16.1 Å². The Morgan fingerprint density at radius 2 is 2.22 bits per heavy atom. The minimum absolute atomic E-state index is 0.0380. The summed E-state index contributed by atoms with van der Waals surface area (Å²) in [5, 5.41) is 1.18. The zero-order valence-corrected chi connectivity index (χ0v) is 12.2. The average molecular weight is 287 g/mol. The Kier molecular flexibility index (Phi) is 4.91. The first-order valence-electron chi connectivity index (χ1n) is 6.53. The maximum absolute atomic E-state index is 6.22. The van der Waals surface area contributed by atoms with Crippen LogP contribution >= 0.6 is 23.2 Å². The van der Waals surface area contributed by atoms with E-state index in [-0.39, 0.29) is 6.04 Å². The summed E-state index contributed by atoms with van der Waals surface area (Å²) in [6.07, 6.45) is 3.52. The smallest absolute Gasteiger partial charge is 0.0640 e. The highest BCUT2D eigenvalue weighted by Crippen LogP contribution is 2.30. The summed E-state index contributed by atoms with van der Waals surface area (Å²) in [5.74, 6) is 0. The monoisotopic (exact) mass is 286 g/mol. The van der Waals surface area contributed by atoms with Crippen LogP contribution < -0.4 is 5.73 Å². The third-order valence-electron chi connectivity index (χ3n) is 3.80. The Bertz CT molecular complexity index is 409. The highest BCUT2D eigenvalue weighted by atomic mass is 35.5. The van der Waals surface area contributed by atoms with E-state index in [1.807, 2.05) is 12.1 Å². The van der Waals surface area contributed by atoms with Crippen molar-refractivity contribution in [3.8, 4) is 0 Å². The molecule has 100 valence electrons. The van der Waals surface area contributed by atoms with E-state index in [4.69, 9.17) is 28.9 Å². The number of likely N-dealkylation sites (tertiary alicyclic amines) is 1. The lowest BCUT2D eigenvalue weighted by molar-refractivity contribution is 0.258. The Hall–Kier alpha value is -0.280. The van der Waals surface area contributed by atoms with Crippen molar-refractivity contribution in [3.05, 3.63) is 33.8 Å². The van der Waals surface area contributed by atoms with E-state index in [0.717, 1.165) is 18.5 Å². The zero-order chi connectivity index (χ0) is 13.1. The molecule has 0 radical (unpaired) electrons. The molecule has 0 spiro atoms. The van der Waals surface area contributed by atoms with Gasteiger partial charge in [0.25, 0.3) is 0 Å². The maximum atomic E-state index is 6.22. The van der Waals surface area contributed by atoms with Crippen LogP contribution in [0.15, 0.2) is 18.2 Å². The van der Waals surface area contributed by atoms with E-state index in [2.05, 4.69) is 11.8 Å². The fourth-order valence-electron chi connectivity index (χ4n) is 2.59. The van der Waals surface area contributed by atoms with Crippen molar-refractivity contribution in [1.82, 2.24) is 4.90 Å². The van der Waals surface area contributed by atoms with Crippen LogP contribution in [0.4, 0.5) is 0 Å². The minimum Gasteiger partial charge on any atom is -0.324 e. The van der Waals surface area contributed by atoms with Crippen molar-refractivity contribution in [2.75, 3.05) is 13.1 Å². The number of nitrogens with zero attached hydrogens (tertiary/aromatic N) is 1. The van der Waals surface area contributed by atoms with Gasteiger partial charge in [-0.2, -0.15) is 0 Å². The second-order valence-corrected chi connectivity index (χ2v) is 5.85. The van der Waals surface area contributed by atoms with Crippen molar-refractivity contribution >= 4 is 23.2 Å². The van der Waals surface area contributed by atoms with Gasteiger partial charge in [0.2, 0.25) is 0 Å². The van der Waals surface area contributed by atoms with Gasteiger partial charge in [-0.3, -0.25) is 0 Å². The van der Waals surface area contributed by atoms with Gasteiger partial charge in [0.1, 0.15) is 0 Å². The summed E-state index contributed by atoms with van der Waals surface area (Å²) in [4.78, 5) is 2.50. The predicted octanol–water partition coefficient (Wildman–Crippen LogP) is 3.87. The number of nitrogens with two attached hydrogens (primary N) is 1.